The number of nitrogens with one attached hydrogen (secondary N) is 4. The summed E-state index contributed by atoms with van der Waals surface area (Å²) in [7, 11) is -4.41. The molecule has 14 heteroatoms. The van der Waals surface area contributed by atoms with Crippen LogP contribution in [-0.4, -0.2) is 68.1 Å². The minimum Gasteiger partial charge on any atom is -0.459 e. The van der Waals surface area contributed by atoms with E-state index in [1.807, 2.05) is 18.2 Å². The molecule has 5 N–H and O–H groups in total. The zero-order valence-electron chi connectivity index (χ0n) is 26.7. The van der Waals surface area contributed by atoms with Crippen molar-refractivity contribution in [2.75, 3.05) is 25.0 Å². The van der Waals surface area contributed by atoms with Gasteiger partial charge in [-0.2, -0.15) is 8.42 Å². The summed E-state index contributed by atoms with van der Waals surface area (Å²) in [4.78, 5) is 49.8. The topological polar surface area (TPSA) is 189 Å². The summed E-state index contributed by atoms with van der Waals surface area (Å²) in [5.41, 5.74) is 0.740. The maximum absolute atomic E-state index is 12.9. The van der Waals surface area contributed by atoms with Gasteiger partial charge in [-0.05, 0) is 51.3 Å². The average molecular weight is 671 g/mol. The van der Waals surface area contributed by atoms with Gasteiger partial charge in [-0.1, -0.05) is 54.6 Å². The molecule has 47 heavy (non-hydrogen) atoms. The molecular weight excluding hydrogens is 628 g/mol. The summed E-state index contributed by atoms with van der Waals surface area (Å²) >= 11 is 0. The lowest BCUT2D eigenvalue weighted by Crippen LogP contribution is -2.43. The standard InChI is InChI=1S/C33H42N4O9S/c1-33(2,3)46-32(41)36-19-9-16-30(39)37-27(31(40)45-22-23-10-5-4-6-11-23)17-18-29(38)35-21-20-34-26-14-7-13-25-24(26)12-8-15-28(25)47(42,43)44/h4-8,10-15,27,34H,9,16-22H2,1-3H3,(H,35,38)(H,36,41)(H,37,39)(H,42,43,44)/t27-/m0/s1. The van der Waals surface area contributed by atoms with Crippen molar-refractivity contribution >= 4 is 50.5 Å². The number of rotatable bonds is 16. The maximum Gasteiger partial charge on any atom is 0.407 e. The van der Waals surface area contributed by atoms with Gasteiger partial charge in [0.25, 0.3) is 10.1 Å². The van der Waals surface area contributed by atoms with Crippen molar-refractivity contribution in [1.29, 1.82) is 0 Å². The summed E-state index contributed by atoms with van der Waals surface area (Å²) < 4.78 is 43.6. The first-order chi connectivity index (χ1) is 22.2. The van der Waals surface area contributed by atoms with Crippen LogP contribution in [0.3, 0.4) is 0 Å². The molecule has 0 aliphatic heterocycles. The minimum absolute atomic E-state index is 0.00346. The van der Waals surface area contributed by atoms with Crippen LogP contribution in [0, 0.1) is 0 Å². The predicted octanol–water partition coefficient (Wildman–Crippen LogP) is 3.93. The highest BCUT2D eigenvalue weighted by Gasteiger charge is 2.24. The molecule has 0 fully saturated rings. The Bertz CT molecular complexity index is 1640. The van der Waals surface area contributed by atoms with E-state index in [-0.39, 0.29) is 49.8 Å². The van der Waals surface area contributed by atoms with Gasteiger partial charge in [-0.25, -0.2) is 9.59 Å². The largest absolute Gasteiger partial charge is 0.459 e. The summed E-state index contributed by atoms with van der Waals surface area (Å²) in [6.45, 7) is 5.95. The van der Waals surface area contributed by atoms with Crippen LogP contribution in [0.15, 0.2) is 71.6 Å². The third-order valence-corrected chi connectivity index (χ3v) is 7.59. The van der Waals surface area contributed by atoms with Crippen LogP contribution in [0.5, 0.6) is 0 Å². The number of amides is 3. The number of ether oxygens (including phenoxy) is 2. The molecule has 0 saturated heterocycles. The van der Waals surface area contributed by atoms with E-state index < -0.39 is 39.7 Å². The van der Waals surface area contributed by atoms with Gasteiger partial charge in [0.2, 0.25) is 11.8 Å². The van der Waals surface area contributed by atoms with E-state index in [9.17, 15) is 32.1 Å². The first kappa shape index (κ1) is 36.8. The number of fused-ring (bicyclic) bond motifs is 1. The van der Waals surface area contributed by atoms with Crippen molar-refractivity contribution in [1.82, 2.24) is 16.0 Å². The van der Waals surface area contributed by atoms with E-state index in [0.717, 1.165) is 5.56 Å². The van der Waals surface area contributed by atoms with Crippen LogP contribution in [0.4, 0.5) is 10.5 Å². The highest BCUT2D eigenvalue weighted by molar-refractivity contribution is 7.86. The second-order valence-corrected chi connectivity index (χ2v) is 13.1. The Morgan fingerprint density at radius 3 is 2.21 bits per heavy atom. The second kappa shape index (κ2) is 17.3. The van der Waals surface area contributed by atoms with Crippen LogP contribution in [-0.2, 0) is 40.6 Å². The van der Waals surface area contributed by atoms with Crippen molar-refractivity contribution in [3.8, 4) is 0 Å². The number of carbonyl (C=O) groups excluding carboxylic acids is 4. The highest BCUT2D eigenvalue weighted by atomic mass is 32.2. The third kappa shape index (κ3) is 12.9. The lowest BCUT2D eigenvalue weighted by atomic mass is 10.1. The Balaban J connectivity index is 1.50. The van der Waals surface area contributed by atoms with E-state index >= 15 is 0 Å². The monoisotopic (exact) mass is 670 g/mol. The molecule has 0 aliphatic carbocycles. The van der Waals surface area contributed by atoms with E-state index in [1.54, 1.807) is 57.2 Å². The van der Waals surface area contributed by atoms with Crippen molar-refractivity contribution in [2.45, 2.75) is 69.6 Å². The number of hydrogen-bond acceptors (Lipinski definition) is 9. The average Bonchev–Trinajstić information content (AvgIpc) is 3.01. The number of esters is 1. The fraction of sp³-hybridized carbons (Fsp3) is 0.394. The van der Waals surface area contributed by atoms with Gasteiger partial charge in [0.15, 0.2) is 0 Å². The number of hydrogen-bond donors (Lipinski definition) is 5. The van der Waals surface area contributed by atoms with Crippen LogP contribution < -0.4 is 21.3 Å². The Labute approximate surface area is 274 Å². The molecule has 0 spiro atoms. The van der Waals surface area contributed by atoms with Gasteiger partial charge >= 0.3 is 12.1 Å². The quantitative estimate of drug-likeness (QED) is 0.0849. The molecule has 254 valence electrons. The summed E-state index contributed by atoms with van der Waals surface area (Å²) in [6, 6.07) is 17.5. The first-order valence-electron chi connectivity index (χ1n) is 15.2. The minimum atomic E-state index is -4.41. The fourth-order valence-corrected chi connectivity index (χ4v) is 5.23. The molecule has 13 nitrogen and oxygen atoms in total. The molecule has 3 aromatic carbocycles. The zero-order valence-corrected chi connectivity index (χ0v) is 27.5. The third-order valence-electron chi connectivity index (χ3n) is 6.68. The van der Waals surface area contributed by atoms with Gasteiger partial charge in [0, 0.05) is 48.9 Å². The van der Waals surface area contributed by atoms with Gasteiger partial charge in [0.1, 0.15) is 23.1 Å². The summed E-state index contributed by atoms with van der Waals surface area (Å²) in [6.07, 6.45) is -0.340. The lowest BCUT2D eigenvalue weighted by Gasteiger charge is -2.20. The Kier molecular flexibility index (Phi) is 13.5. The molecular formula is C33H42N4O9S. The predicted molar refractivity (Wildman–Crippen MR) is 176 cm³/mol. The zero-order chi connectivity index (χ0) is 34.5. The van der Waals surface area contributed by atoms with Gasteiger partial charge < -0.3 is 30.7 Å². The molecule has 0 bridgehead atoms. The first-order valence-corrected chi connectivity index (χ1v) is 16.6. The molecule has 0 heterocycles. The smallest absolute Gasteiger partial charge is 0.407 e. The highest BCUT2D eigenvalue weighted by Crippen LogP contribution is 2.28. The summed E-state index contributed by atoms with van der Waals surface area (Å²) in [5, 5.41) is 12.1. The fourth-order valence-electron chi connectivity index (χ4n) is 4.52. The number of anilines is 1. The van der Waals surface area contributed by atoms with E-state index in [0.29, 0.717) is 29.4 Å². The van der Waals surface area contributed by atoms with E-state index in [1.165, 1.54) is 12.1 Å². The van der Waals surface area contributed by atoms with Gasteiger partial charge in [0.05, 0.1) is 0 Å². The number of benzene rings is 3. The van der Waals surface area contributed by atoms with E-state index in [4.69, 9.17) is 9.47 Å². The molecule has 3 amide bonds. The van der Waals surface area contributed by atoms with Crippen molar-refractivity contribution < 1.29 is 41.6 Å². The van der Waals surface area contributed by atoms with Crippen LogP contribution in [0.25, 0.3) is 10.8 Å². The molecule has 0 aliphatic rings. The molecule has 0 saturated carbocycles. The molecule has 0 unspecified atom stereocenters. The van der Waals surface area contributed by atoms with Crippen LogP contribution in [0.2, 0.25) is 0 Å². The Morgan fingerprint density at radius 2 is 1.51 bits per heavy atom. The molecule has 3 aromatic rings. The molecule has 1 atom stereocenters. The molecule has 0 aromatic heterocycles. The Hall–Kier alpha value is -4.69. The SMILES string of the molecule is CC(C)(C)OC(=O)NCCCC(=O)N[C@@H](CCC(=O)NCCNc1cccc2c(S(=O)(=O)O)cccc12)C(=O)OCc1ccccc1. The Morgan fingerprint density at radius 1 is 0.809 bits per heavy atom. The normalized spacial score (nSPS) is 12.1. The van der Waals surface area contributed by atoms with Gasteiger partial charge in [-0.15, -0.1) is 0 Å². The molecule has 0 radical (unpaired) electrons. The summed E-state index contributed by atoms with van der Waals surface area (Å²) in [5.74, 6) is -1.46. The second-order valence-electron chi connectivity index (χ2n) is 11.7. The van der Waals surface area contributed by atoms with Crippen molar-refractivity contribution in [3.05, 3.63) is 72.3 Å². The van der Waals surface area contributed by atoms with E-state index in [2.05, 4.69) is 21.3 Å². The van der Waals surface area contributed by atoms with Crippen LogP contribution in [0.1, 0.15) is 52.0 Å². The maximum atomic E-state index is 12.9. The lowest BCUT2D eigenvalue weighted by molar-refractivity contribution is -0.149. The van der Waals surface area contributed by atoms with Crippen molar-refractivity contribution in [2.24, 2.45) is 0 Å². The number of alkyl carbamates (subject to hydrolysis) is 1. The van der Waals surface area contributed by atoms with Gasteiger partial charge in [-0.3, -0.25) is 14.1 Å². The number of carbonyl (C=O) groups is 4. The van der Waals surface area contributed by atoms with Crippen molar-refractivity contribution in [3.63, 3.8) is 0 Å². The van der Waals surface area contributed by atoms with Crippen LogP contribution >= 0.6 is 0 Å². The molecule has 3 rings (SSSR count).